The fourth-order valence-electron chi connectivity index (χ4n) is 2.07. The Morgan fingerprint density at radius 1 is 1.38 bits per heavy atom. The summed E-state index contributed by atoms with van der Waals surface area (Å²) in [5, 5.41) is 8.98. The predicted octanol–water partition coefficient (Wildman–Crippen LogP) is 1.86. The molecule has 13 heavy (non-hydrogen) atoms. The summed E-state index contributed by atoms with van der Waals surface area (Å²) in [6.45, 7) is 5.57. The smallest absolute Gasteiger partial charge is 0.316 e. The summed E-state index contributed by atoms with van der Waals surface area (Å²) in [4.78, 5) is 22.4. The molecule has 0 spiro atoms. The summed E-state index contributed by atoms with van der Waals surface area (Å²) in [6, 6.07) is 0. The second-order valence-corrected chi connectivity index (χ2v) is 4.90. The Hall–Kier alpha value is -0.860. The molecule has 0 aliphatic heterocycles. The lowest BCUT2D eigenvalue weighted by molar-refractivity contribution is -0.158. The first-order valence-corrected chi connectivity index (χ1v) is 4.55. The molecular weight excluding hydrogens is 168 g/mol. The fourth-order valence-corrected chi connectivity index (χ4v) is 2.07. The van der Waals surface area contributed by atoms with E-state index in [0.29, 0.717) is 12.8 Å². The Balaban J connectivity index is 2.95. The van der Waals surface area contributed by atoms with Crippen molar-refractivity contribution in [3.8, 4) is 0 Å². The minimum absolute atomic E-state index is 0.0267. The van der Waals surface area contributed by atoms with Crippen LogP contribution in [0.2, 0.25) is 0 Å². The molecule has 74 valence electrons. The largest absolute Gasteiger partial charge is 0.481 e. The molecule has 0 bridgehead atoms. The third-order valence-electron chi connectivity index (χ3n) is 2.95. The van der Waals surface area contributed by atoms with Crippen LogP contribution in [0.4, 0.5) is 0 Å². The zero-order valence-electron chi connectivity index (χ0n) is 8.39. The SMILES string of the molecule is CC1(C)CCC(=O)C(C)(C(=O)O)C1. The molecule has 1 N–H and O–H groups in total. The number of carbonyl (C=O) groups is 2. The van der Waals surface area contributed by atoms with Crippen molar-refractivity contribution < 1.29 is 14.7 Å². The van der Waals surface area contributed by atoms with Gasteiger partial charge in [-0.2, -0.15) is 0 Å². The highest BCUT2D eigenvalue weighted by molar-refractivity contribution is 6.03. The van der Waals surface area contributed by atoms with E-state index in [2.05, 4.69) is 0 Å². The summed E-state index contributed by atoms with van der Waals surface area (Å²) in [6.07, 6.45) is 1.65. The summed E-state index contributed by atoms with van der Waals surface area (Å²) in [7, 11) is 0. The van der Waals surface area contributed by atoms with E-state index in [1.807, 2.05) is 13.8 Å². The third-order valence-corrected chi connectivity index (χ3v) is 2.95. The summed E-state index contributed by atoms with van der Waals surface area (Å²) >= 11 is 0. The Kier molecular flexibility index (Phi) is 2.22. The van der Waals surface area contributed by atoms with Crippen LogP contribution in [-0.2, 0) is 9.59 Å². The van der Waals surface area contributed by atoms with Crippen molar-refractivity contribution in [3.05, 3.63) is 0 Å². The van der Waals surface area contributed by atoms with Crippen LogP contribution in [0.1, 0.15) is 40.0 Å². The van der Waals surface area contributed by atoms with Crippen LogP contribution in [0.3, 0.4) is 0 Å². The Morgan fingerprint density at radius 2 is 1.92 bits per heavy atom. The molecule has 1 unspecified atom stereocenters. The summed E-state index contributed by atoms with van der Waals surface area (Å²) < 4.78 is 0. The molecule has 0 aromatic heterocycles. The highest BCUT2D eigenvalue weighted by atomic mass is 16.4. The zero-order valence-corrected chi connectivity index (χ0v) is 8.39. The number of carbonyl (C=O) groups excluding carboxylic acids is 1. The third kappa shape index (κ3) is 1.74. The Labute approximate surface area is 78.1 Å². The van der Waals surface area contributed by atoms with Crippen molar-refractivity contribution in [2.24, 2.45) is 10.8 Å². The quantitative estimate of drug-likeness (QED) is 0.633. The van der Waals surface area contributed by atoms with Crippen molar-refractivity contribution in [2.75, 3.05) is 0 Å². The van der Waals surface area contributed by atoms with Gasteiger partial charge in [0.05, 0.1) is 0 Å². The van der Waals surface area contributed by atoms with E-state index in [4.69, 9.17) is 5.11 Å². The lowest BCUT2D eigenvalue weighted by Gasteiger charge is -2.38. The molecule has 0 heterocycles. The maximum absolute atomic E-state index is 11.5. The highest BCUT2D eigenvalue weighted by Crippen LogP contribution is 2.43. The molecule has 1 atom stereocenters. The summed E-state index contributed by atoms with van der Waals surface area (Å²) in [5.74, 6) is -1.11. The van der Waals surface area contributed by atoms with Crippen LogP contribution >= 0.6 is 0 Å². The number of carboxylic acid groups (broad SMARTS) is 1. The van der Waals surface area contributed by atoms with Gasteiger partial charge in [0.15, 0.2) is 0 Å². The van der Waals surface area contributed by atoms with Gasteiger partial charge in [-0.15, -0.1) is 0 Å². The second kappa shape index (κ2) is 2.82. The van der Waals surface area contributed by atoms with Crippen LogP contribution in [0.15, 0.2) is 0 Å². The molecule has 1 aliphatic rings. The van der Waals surface area contributed by atoms with E-state index in [0.717, 1.165) is 6.42 Å². The van der Waals surface area contributed by atoms with Gasteiger partial charge in [0.2, 0.25) is 0 Å². The summed E-state index contributed by atoms with van der Waals surface area (Å²) in [5.41, 5.74) is -1.18. The maximum Gasteiger partial charge on any atom is 0.316 e. The molecule has 1 aliphatic carbocycles. The normalized spacial score (nSPS) is 33.0. The van der Waals surface area contributed by atoms with Gasteiger partial charge < -0.3 is 5.11 Å². The van der Waals surface area contributed by atoms with E-state index in [1.165, 1.54) is 0 Å². The second-order valence-electron chi connectivity index (χ2n) is 4.90. The van der Waals surface area contributed by atoms with E-state index in [9.17, 15) is 9.59 Å². The number of rotatable bonds is 1. The van der Waals surface area contributed by atoms with E-state index < -0.39 is 11.4 Å². The van der Waals surface area contributed by atoms with Gasteiger partial charge in [-0.25, -0.2) is 0 Å². The Morgan fingerprint density at radius 3 is 2.31 bits per heavy atom. The van der Waals surface area contributed by atoms with Crippen LogP contribution in [0.25, 0.3) is 0 Å². The number of hydrogen-bond acceptors (Lipinski definition) is 2. The van der Waals surface area contributed by atoms with E-state index >= 15 is 0 Å². The topological polar surface area (TPSA) is 54.4 Å². The molecule has 1 saturated carbocycles. The van der Waals surface area contributed by atoms with Crippen molar-refractivity contribution in [3.63, 3.8) is 0 Å². The van der Waals surface area contributed by atoms with Gasteiger partial charge in [-0.1, -0.05) is 13.8 Å². The first kappa shape index (κ1) is 10.2. The maximum atomic E-state index is 11.5. The minimum Gasteiger partial charge on any atom is -0.481 e. The number of aliphatic carboxylic acids is 1. The van der Waals surface area contributed by atoms with Crippen molar-refractivity contribution in [2.45, 2.75) is 40.0 Å². The molecule has 3 heteroatoms. The van der Waals surface area contributed by atoms with Crippen molar-refractivity contribution in [1.29, 1.82) is 0 Å². The number of hydrogen-bond donors (Lipinski definition) is 1. The average molecular weight is 184 g/mol. The van der Waals surface area contributed by atoms with Crippen molar-refractivity contribution >= 4 is 11.8 Å². The number of Topliss-reactive ketones (excluding diaryl/α,β-unsaturated/α-hetero) is 1. The first-order valence-electron chi connectivity index (χ1n) is 4.55. The van der Waals surface area contributed by atoms with Crippen LogP contribution < -0.4 is 0 Å². The minimum atomic E-state index is -1.15. The highest BCUT2D eigenvalue weighted by Gasteiger charge is 2.48. The van der Waals surface area contributed by atoms with Crippen LogP contribution in [0, 0.1) is 10.8 Å². The molecule has 3 nitrogen and oxygen atoms in total. The molecule has 0 radical (unpaired) electrons. The van der Waals surface area contributed by atoms with Crippen LogP contribution in [0.5, 0.6) is 0 Å². The molecule has 0 saturated heterocycles. The standard InChI is InChI=1S/C10H16O3/c1-9(2)5-4-7(11)10(3,6-9)8(12)13/h4-6H2,1-3H3,(H,12,13). The monoisotopic (exact) mass is 184 g/mol. The average Bonchev–Trinajstić information content (AvgIpc) is 1.97. The van der Waals surface area contributed by atoms with Gasteiger partial charge in [0.1, 0.15) is 11.2 Å². The van der Waals surface area contributed by atoms with E-state index in [1.54, 1.807) is 6.92 Å². The number of ketones is 1. The van der Waals surface area contributed by atoms with E-state index in [-0.39, 0.29) is 11.2 Å². The first-order chi connectivity index (χ1) is 5.78. The van der Waals surface area contributed by atoms with Crippen LogP contribution in [-0.4, -0.2) is 16.9 Å². The molecule has 0 aromatic rings. The molecule has 1 fully saturated rings. The van der Waals surface area contributed by atoms with Gasteiger partial charge in [0.25, 0.3) is 0 Å². The Bertz CT molecular complexity index is 255. The predicted molar refractivity (Wildman–Crippen MR) is 48.4 cm³/mol. The van der Waals surface area contributed by atoms with Gasteiger partial charge in [0, 0.05) is 6.42 Å². The molecular formula is C10H16O3. The molecule has 0 aromatic carbocycles. The number of carboxylic acids is 1. The molecule has 0 amide bonds. The fraction of sp³-hybridized carbons (Fsp3) is 0.800. The lowest BCUT2D eigenvalue weighted by Crippen LogP contribution is -2.44. The zero-order chi connectivity index (χ0) is 10.3. The van der Waals surface area contributed by atoms with Gasteiger partial charge >= 0.3 is 5.97 Å². The van der Waals surface area contributed by atoms with Crippen molar-refractivity contribution in [1.82, 2.24) is 0 Å². The lowest BCUT2D eigenvalue weighted by atomic mass is 9.64. The van der Waals surface area contributed by atoms with Gasteiger partial charge in [-0.3, -0.25) is 9.59 Å². The molecule has 1 rings (SSSR count). The van der Waals surface area contributed by atoms with Gasteiger partial charge in [-0.05, 0) is 25.2 Å².